The van der Waals surface area contributed by atoms with Gasteiger partial charge in [0.2, 0.25) is 5.91 Å². The predicted octanol–water partition coefficient (Wildman–Crippen LogP) is 1.66. The molecule has 29 heavy (non-hydrogen) atoms. The lowest BCUT2D eigenvalue weighted by Gasteiger charge is -2.10. The summed E-state index contributed by atoms with van der Waals surface area (Å²) in [6, 6.07) is 13.0. The summed E-state index contributed by atoms with van der Waals surface area (Å²) in [4.78, 5) is 40.6. The van der Waals surface area contributed by atoms with E-state index in [2.05, 4.69) is 21.2 Å². The number of carbonyl (C=O) groups is 2. The SMILES string of the molecule is Cc1ccc(NCC(=O)NNC(=O)CCn2cnc3c(C)cccc3c2=O)cc1. The van der Waals surface area contributed by atoms with Gasteiger partial charge in [0, 0.05) is 18.7 Å². The Morgan fingerprint density at radius 1 is 1.00 bits per heavy atom. The molecule has 0 radical (unpaired) electrons. The molecule has 3 N–H and O–H groups in total. The van der Waals surface area contributed by atoms with Gasteiger partial charge in [-0.05, 0) is 37.6 Å². The first-order chi connectivity index (χ1) is 13.9. The average molecular weight is 393 g/mol. The third kappa shape index (κ3) is 5.19. The second kappa shape index (κ2) is 9.01. The summed E-state index contributed by atoms with van der Waals surface area (Å²) < 4.78 is 1.39. The number of hydrogen-bond donors (Lipinski definition) is 3. The monoisotopic (exact) mass is 393 g/mol. The van der Waals surface area contributed by atoms with E-state index in [9.17, 15) is 14.4 Å². The van der Waals surface area contributed by atoms with Gasteiger partial charge in [0.1, 0.15) is 0 Å². The van der Waals surface area contributed by atoms with E-state index >= 15 is 0 Å². The van der Waals surface area contributed by atoms with Crippen molar-refractivity contribution in [3.63, 3.8) is 0 Å². The zero-order valence-electron chi connectivity index (χ0n) is 16.4. The molecule has 0 atom stereocenters. The quantitative estimate of drug-likeness (QED) is 0.553. The normalized spacial score (nSPS) is 10.6. The van der Waals surface area contributed by atoms with Crippen LogP contribution in [0.15, 0.2) is 53.6 Å². The molecule has 0 aliphatic rings. The molecule has 1 heterocycles. The van der Waals surface area contributed by atoms with Crippen LogP contribution in [0, 0.1) is 13.8 Å². The van der Waals surface area contributed by atoms with E-state index in [4.69, 9.17) is 0 Å². The Morgan fingerprint density at radius 3 is 2.48 bits per heavy atom. The van der Waals surface area contributed by atoms with Crippen LogP contribution < -0.4 is 21.7 Å². The van der Waals surface area contributed by atoms with Crippen molar-refractivity contribution in [1.82, 2.24) is 20.4 Å². The first-order valence-corrected chi connectivity index (χ1v) is 9.27. The topological polar surface area (TPSA) is 105 Å². The Morgan fingerprint density at radius 2 is 1.72 bits per heavy atom. The first-order valence-electron chi connectivity index (χ1n) is 9.27. The van der Waals surface area contributed by atoms with Gasteiger partial charge in [0.05, 0.1) is 23.8 Å². The number of para-hydroxylation sites is 1. The fraction of sp³-hybridized carbons (Fsp3) is 0.238. The van der Waals surface area contributed by atoms with Gasteiger partial charge in [-0.2, -0.15) is 0 Å². The highest BCUT2D eigenvalue weighted by atomic mass is 16.2. The third-order valence-corrected chi connectivity index (χ3v) is 4.48. The second-order valence-corrected chi connectivity index (χ2v) is 6.78. The zero-order valence-corrected chi connectivity index (χ0v) is 16.4. The predicted molar refractivity (Wildman–Crippen MR) is 111 cm³/mol. The Kier molecular flexibility index (Phi) is 6.23. The van der Waals surface area contributed by atoms with Crippen LogP contribution in [0.2, 0.25) is 0 Å². The number of amides is 2. The molecule has 0 bridgehead atoms. The van der Waals surface area contributed by atoms with Crippen molar-refractivity contribution in [3.8, 4) is 0 Å². The van der Waals surface area contributed by atoms with Crippen LogP contribution in [0.5, 0.6) is 0 Å². The van der Waals surface area contributed by atoms with Gasteiger partial charge < -0.3 is 5.32 Å². The number of nitrogens with one attached hydrogen (secondary N) is 3. The van der Waals surface area contributed by atoms with E-state index in [1.807, 2.05) is 44.2 Å². The maximum atomic E-state index is 12.5. The summed E-state index contributed by atoms with van der Waals surface area (Å²) in [5.41, 5.74) is 8.03. The molecular formula is C21H23N5O3. The van der Waals surface area contributed by atoms with Crippen molar-refractivity contribution in [2.24, 2.45) is 0 Å². The highest BCUT2D eigenvalue weighted by Crippen LogP contribution is 2.11. The van der Waals surface area contributed by atoms with Crippen LogP contribution in [-0.4, -0.2) is 27.9 Å². The average Bonchev–Trinajstić information content (AvgIpc) is 2.72. The first kappa shape index (κ1) is 20.1. The lowest BCUT2D eigenvalue weighted by atomic mass is 10.1. The van der Waals surface area contributed by atoms with E-state index < -0.39 is 5.91 Å². The van der Waals surface area contributed by atoms with Crippen LogP contribution in [0.3, 0.4) is 0 Å². The van der Waals surface area contributed by atoms with Gasteiger partial charge >= 0.3 is 0 Å². The number of aromatic nitrogens is 2. The van der Waals surface area contributed by atoms with Gasteiger partial charge in [-0.25, -0.2) is 4.98 Å². The molecule has 150 valence electrons. The third-order valence-electron chi connectivity index (χ3n) is 4.48. The Labute approximate surface area is 167 Å². The number of aryl methyl sites for hydroxylation is 3. The van der Waals surface area contributed by atoms with Crippen LogP contribution >= 0.6 is 0 Å². The molecule has 1 aromatic heterocycles. The van der Waals surface area contributed by atoms with Crippen molar-refractivity contribution in [2.75, 3.05) is 11.9 Å². The standard InChI is InChI=1S/C21H23N5O3/c1-14-6-8-16(9-7-14)22-12-19(28)25-24-18(27)10-11-26-13-23-20-15(2)4-3-5-17(20)21(26)29/h3-9,13,22H,10-12H2,1-2H3,(H,24,27)(H,25,28). The second-order valence-electron chi connectivity index (χ2n) is 6.78. The summed E-state index contributed by atoms with van der Waals surface area (Å²) in [6.45, 7) is 4.06. The Hall–Kier alpha value is -3.68. The molecule has 2 aromatic carbocycles. The molecule has 8 nitrogen and oxygen atoms in total. The minimum absolute atomic E-state index is 0.0245. The summed E-state index contributed by atoms with van der Waals surface area (Å²) in [7, 11) is 0. The molecule has 0 aliphatic carbocycles. The zero-order chi connectivity index (χ0) is 20.8. The fourth-order valence-electron chi connectivity index (χ4n) is 2.82. The lowest BCUT2D eigenvalue weighted by Crippen LogP contribution is -2.44. The van der Waals surface area contributed by atoms with E-state index in [0.717, 1.165) is 16.8 Å². The van der Waals surface area contributed by atoms with Crippen molar-refractivity contribution in [1.29, 1.82) is 0 Å². The summed E-state index contributed by atoms with van der Waals surface area (Å²) in [6.07, 6.45) is 1.47. The number of rotatable bonds is 6. The van der Waals surface area contributed by atoms with Crippen LogP contribution in [0.25, 0.3) is 10.9 Å². The van der Waals surface area contributed by atoms with Crippen molar-refractivity contribution in [3.05, 3.63) is 70.3 Å². The van der Waals surface area contributed by atoms with Crippen LogP contribution in [0.1, 0.15) is 17.5 Å². The van der Waals surface area contributed by atoms with Gasteiger partial charge in [-0.15, -0.1) is 0 Å². The van der Waals surface area contributed by atoms with Crippen molar-refractivity contribution in [2.45, 2.75) is 26.8 Å². The molecule has 3 rings (SSSR count). The smallest absolute Gasteiger partial charge is 0.261 e. The lowest BCUT2D eigenvalue weighted by molar-refractivity contribution is -0.128. The van der Waals surface area contributed by atoms with Crippen LogP contribution in [-0.2, 0) is 16.1 Å². The number of anilines is 1. The Bertz CT molecular complexity index is 1090. The van der Waals surface area contributed by atoms with Crippen LogP contribution in [0.4, 0.5) is 5.69 Å². The molecule has 0 fully saturated rings. The summed E-state index contributed by atoms with van der Waals surface area (Å²) >= 11 is 0. The molecule has 0 aliphatic heterocycles. The van der Waals surface area contributed by atoms with Gasteiger partial charge in [-0.3, -0.25) is 29.8 Å². The van der Waals surface area contributed by atoms with Crippen molar-refractivity contribution < 1.29 is 9.59 Å². The number of hydrazine groups is 1. The van der Waals surface area contributed by atoms with Gasteiger partial charge in [-0.1, -0.05) is 29.8 Å². The molecule has 0 unspecified atom stereocenters. The maximum Gasteiger partial charge on any atom is 0.261 e. The number of nitrogens with zero attached hydrogens (tertiary/aromatic N) is 2. The largest absolute Gasteiger partial charge is 0.376 e. The van der Waals surface area contributed by atoms with E-state index in [1.165, 1.54) is 10.9 Å². The van der Waals surface area contributed by atoms with E-state index in [0.29, 0.717) is 10.9 Å². The molecule has 2 amide bonds. The summed E-state index contributed by atoms with van der Waals surface area (Å²) in [5, 5.41) is 3.48. The minimum atomic E-state index is -0.398. The number of benzene rings is 2. The number of carbonyl (C=O) groups excluding carboxylic acids is 2. The van der Waals surface area contributed by atoms with E-state index in [-0.39, 0.29) is 31.0 Å². The number of fused-ring (bicyclic) bond motifs is 1. The molecule has 8 heteroatoms. The summed E-state index contributed by atoms with van der Waals surface area (Å²) in [5.74, 6) is -0.774. The highest BCUT2D eigenvalue weighted by molar-refractivity contribution is 5.84. The van der Waals surface area contributed by atoms with E-state index in [1.54, 1.807) is 12.1 Å². The molecule has 0 saturated heterocycles. The fourth-order valence-corrected chi connectivity index (χ4v) is 2.82. The number of hydrogen-bond acceptors (Lipinski definition) is 5. The molecule has 0 spiro atoms. The molecular weight excluding hydrogens is 370 g/mol. The van der Waals surface area contributed by atoms with Gasteiger partial charge in [0.25, 0.3) is 11.5 Å². The maximum absolute atomic E-state index is 12.5. The highest BCUT2D eigenvalue weighted by Gasteiger charge is 2.09. The molecule has 3 aromatic rings. The van der Waals surface area contributed by atoms with Crippen molar-refractivity contribution >= 4 is 28.4 Å². The minimum Gasteiger partial charge on any atom is -0.376 e. The van der Waals surface area contributed by atoms with Gasteiger partial charge in [0.15, 0.2) is 0 Å². The Balaban J connectivity index is 1.47. The molecule has 0 saturated carbocycles.